The number of rotatable bonds is 5. The molecule has 0 spiro atoms. The monoisotopic (exact) mass is 363 g/mol. The molecule has 1 aliphatic heterocycles. The van der Waals surface area contributed by atoms with Crippen LogP contribution in [0.1, 0.15) is 36.4 Å². The maximum absolute atomic E-state index is 10.2. The summed E-state index contributed by atoms with van der Waals surface area (Å²) in [7, 11) is 1.56. The van der Waals surface area contributed by atoms with E-state index in [4.69, 9.17) is 9.47 Å². The minimum absolute atomic E-state index is 0.136. The molecule has 4 rings (SSSR count). The van der Waals surface area contributed by atoms with Gasteiger partial charge in [0.25, 0.3) is 0 Å². The molecule has 2 aliphatic rings. The van der Waals surface area contributed by atoms with Crippen LogP contribution < -0.4 is 14.8 Å². The third-order valence-electron chi connectivity index (χ3n) is 5.38. The van der Waals surface area contributed by atoms with Crippen LogP contribution >= 0.6 is 0 Å². The Labute approximate surface area is 160 Å². The van der Waals surface area contributed by atoms with Crippen molar-refractivity contribution in [1.29, 1.82) is 0 Å². The molecule has 3 unspecified atom stereocenters. The molecule has 0 aromatic heterocycles. The van der Waals surface area contributed by atoms with Gasteiger partial charge in [0.05, 0.1) is 13.2 Å². The molecule has 2 N–H and O–H groups in total. The van der Waals surface area contributed by atoms with E-state index < -0.39 is 0 Å². The summed E-state index contributed by atoms with van der Waals surface area (Å²) in [5.41, 5.74) is 4.46. The predicted octanol–water partition coefficient (Wildman–Crippen LogP) is 5.18. The van der Waals surface area contributed by atoms with Crippen molar-refractivity contribution >= 4 is 5.69 Å². The van der Waals surface area contributed by atoms with Crippen molar-refractivity contribution in [2.75, 3.05) is 19.0 Å². The molecule has 1 heterocycles. The van der Waals surface area contributed by atoms with E-state index in [-0.39, 0.29) is 11.8 Å². The van der Waals surface area contributed by atoms with Gasteiger partial charge in [-0.25, -0.2) is 0 Å². The SMILES string of the molecule is C=C(C)COc1ccc2c(c1)C1C=CCC1C(c1ccc(OC)c(O)c1)N2. The molecule has 140 valence electrons. The Hall–Kier alpha value is -2.88. The van der Waals surface area contributed by atoms with Gasteiger partial charge in [-0.15, -0.1) is 0 Å². The molecular weight excluding hydrogens is 338 g/mol. The number of aromatic hydroxyl groups is 1. The molecule has 0 fully saturated rings. The van der Waals surface area contributed by atoms with Crippen LogP contribution in [0.2, 0.25) is 0 Å². The molecule has 4 heteroatoms. The topological polar surface area (TPSA) is 50.7 Å². The smallest absolute Gasteiger partial charge is 0.160 e. The largest absolute Gasteiger partial charge is 0.504 e. The second-order valence-corrected chi connectivity index (χ2v) is 7.40. The number of fused-ring (bicyclic) bond motifs is 3. The summed E-state index contributed by atoms with van der Waals surface area (Å²) in [4.78, 5) is 0. The van der Waals surface area contributed by atoms with E-state index >= 15 is 0 Å². The fourth-order valence-corrected chi connectivity index (χ4v) is 4.10. The van der Waals surface area contributed by atoms with Crippen molar-refractivity contribution in [2.45, 2.75) is 25.3 Å². The van der Waals surface area contributed by atoms with Crippen molar-refractivity contribution in [3.63, 3.8) is 0 Å². The fourth-order valence-electron chi connectivity index (χ4n) is 4.10. The van der Waals surface area contributed by atoms with E-state index in [9.17, 15) is 5.11 Å². The van der Waals surface area contributed by atoms with E-state index in [1.165, 1.54) is 5.56 Å². The standard InChI is InChI=1S/C23H25NO3/c1-14(2)13-27-16-8-9-20-19(12-16)17-5-4-6-18(17)23(24-20)15-7-10-22(26-3)21(25)11-15/h4-5,7-12,17-18,23-25H,1,6,13H2,2-3H3. The first kappa shape index (κ1) is 17.5. The molecule has 1 aliphatic carbocycles. The maximum atomic E-state index is 10.2. The number of anilines is 1. The first-order valence-electron chi connectivity index (χ1n) is 9.28. The first-order chi connectivity index (χ1) is 13.1. The van der Waals surface area contributed by atoms with Gasteiger partial charge in [0.1, 0.15) is 12.4 Å². The number of benzene rings is 2. The summed E-state index contributed by atoms with van der Waals surface area (Å²) < 4.78 is 11.0. The molecule has 0 radical (unpaired) electrons. The van der Waals surface area contributed by atoms with E-state index in [2.05, 4.69) is 36.2 Å². The zero-order valence-corrected chi connectivity index (χ0v) is 15.7. The van der Waals surface area contributed by atoms with Crippen molar-refractivity contribution in [2.24, 2.45) is 5.92 Å². The number of hydrogen-bond acceptors (Lipinski definition) is 4. The molecule has 3 atom stereocenters. The highest BCUT2D eigenvalue weighted by Gasteiger charge is 2.38. The van der Waals surface area contributed by atoms with Crippen LogP contribution in [0.25, 0.3) is 0 Å². The quantitative estimate of drug-likeness (QED) is 0.719. The van der Waals surface area contributed by atoms with Crippen LogP contribution in [0.5, 0.6) is 17.2 Å². The van der Waals surface area contributed by atoms with Crippen molar-refractivity contribution in [1.82, 2.24) is 0 Å². The van der Waals surface area contributed by atoms with E-state index in [0.29, 0.717) is 24.2 Å². The molecule has 0 saturated heterocycles. The lowest BCUT2D eigenvalue weighted by Gasteiger charge is -2.37. The second-order valence-electron chi connectivity index (χ2n) is 7.40. The Bertz CT molecular complexity index is 902. The van der Waals surface area contributed by atoms with E-state index in [0.717, 1.165) is 29.0 Å². The zero-order chi connectivity index (χ0) is 19.0. The van der Waals surface area contributed by atoms with Crippen LogP contribution in [-0.2, 0) is 0 Å². The number of allylic oxidation sites excluding steroid dienone is 2. The first-order valence-corrected chi connectivity index (χ1v) is 9.28. The lowest BCUT2D eigenvalue weighted by atomic mass is 9.77. The molecule has 0 saturated carbocycles. The summed E-state index contributed by atoms with van der Waals surface area (Å²) in [5.74, 6) is 2.28. The van der Waals surface area contributed by atoms with Gasteiger partial charge >= 0.3 is 0 Å². The molecule has 0 bridgehead atoms. The number of ether oxygens (including phenoxy) is 2. The van der Waals surface area contributed by atoms with Gasteiger partial charge in [0.2, 0.25) is 0 Å². The summed E-state index contributed by atoms with van der Waals surface area (Å²) >= 11 is 0. The third-order valence-corrected chi connectivity index (χ3v) is 5.38. The summed E-state index contributed by atoms with van der Waals surface area (Å²) in [6.45, 7) is 6.39. The van der Waals surface area contributed by atoms with E-state index in [1.54, 1.807) is 13.2 Å². The van der Waals surface area contributed by atoms with Gasteiger partial charge in [-0.3, -0.25) is 0 Å². The average molecular weight is 363 g/mol. The minimum Gasteiger partial charge on any atom is -0.504 e. The fraction of sp³-hybridized carbons (Fsp3) is 0.304. The minimum atomic E-state index is 0.136. The molecular formula is C23H25NO3. The number of hydrogen-bond donors (Lipinski definition) is 2. The van der Waals surface area contributed by atoms with Crippen molar-refractivity contribution in [3.8, 4) is 17.2 Å². The Morgan fingerprint density at radius 1 is 1.26 bits per heavy atom. The third kappa shape index (κ3) is 3.27. The molecule has 0 amide bonds. The summed E-state index contributed by atoms with van der Waals surface area (Å²) in [6.07, 6.45) is 5.55. The van der Waals surface area contributed by atoms with Crippen molar-refractivity contribution < 1.29 is 14.6 Å². The normalized spacial score (nSPS) is 22.5. The Balaban J connectivity index is 1.66. The molecule has 2 aromatic rings. The van der Waals surface area contributed by atoms with Crippen LogP contribution in [0.4, 0.5) is 5.69 Å². The molecule has 2 aromatic carbocycles. The van der Waals surface area contributed by atoms with Crippen LogP contribution in [0.15, 0.2) is 60.7 Å². The van der Waals surface area contributed by atoms with E-state index in [1.807, 2.05) is 25.1 Å². The van der Waals surface area contributed by atoms with Crippen LogP contribution in [0.3, 0.4) is 0 Å². The van der Waals surface area contributed by atoms with Crippen molar-refractivity contribution in [3.05, 3.63) is 71.8 Å². The Morgan fingerprint density at radius 3 is 2.85 bits per heavy atom. The van der Waals surface area contributed by atoms with Gasteiger partial charge in [0, 0.05) is 11.6 Å². The zero-order valence-electron chi connectivity index (χ0n) is 15.7. The highest BCUT2D eigenvalue weighted by molar-refractivity contribution is 5.62. The van der Waals surface area contributed by atoms with Gasteiger partial charge < -0.3 is 19.9 Å². The lowest BCUT2D eigenvalue weighted by molar-refractivity contribution is 0.350. The van der Waals surface area contributed by atoms with Gasteiger partial charge in [-0.1, -0.05) is 24.8 Å². The van der Waals surface area contributed by atoms with Gasteiger partial charge in [-0.2, -0.15) is 0 Å². The number of methoxy groups -OCH3 is 1. The Morgan fingerprint density at radius 2 is 2.11 bits per heavy atom. The number of nitrogens with one attached hydrogen (secondary N) is 1. The van der Waals surface area contributed by atoms with Crippen LogP contribution in [0, 0.1) is 5.92 Å². The highest BCUT2D eigenvalue weighted by atomic mass is 16.5. The predicted molar refractivity (Wildman–Crippen MR) is 108 cm³/mol. The van der Waals surface area contributed by atoms with Gasteiger partial charge in [-0.05, 0) is 66.3 Å². The lowest BCUT2D eigenvalue weighted by Crippen LogP contribution is -2.29. The van der Waals surface area contributed by atoms with Crippen LogP contribution in [-0.4, -0.2) is 18.8 Å². The number of phenolic OH excluding ortho intramolecular Hbond substituents is 1. The molecule has 27 heavy (non-hydrogen) atoms. The summed E-state index contributed by atoms with van der Waals surface area (Å²) in [5, 5.41) is 13.9. The average Bonchev–Trinajstić information content (AvgIpc) is 3.15. The highest BCUT2D eigenvalue weighted by Crippen LogP contribution is 2.51. The number of phenols is 1. The van der Waals surface area contributed by atoms with Gasteiger partial charge in [0.15, 0.2) is 11.5 Å². The maximum Gasteiger partial charge on any atom is 0.160 e. The summed E-state index contributed by atoms with van der Waals surface area (Å²) in [6, 6.07) is 12.0. The Kier molecular flexibility index (Phi) is 4.56. The molecule has 4 nitrogen and oxygen atoms in total. The second kappa shape index (κ2) is 7.03.